The van der Waals surface area contributed by atoms with E-state index in [1.807, 2.05) is 12.1 Å². The Kier molecular flexibility index (Phi) is 5.36. The lowest BCUT2D eigenvalue weighted by molar-refractivity contribution is -0.129. The molecule has 1 heterocycles. The third-order valence-corrected chi connectivity index (χ3v) is 3.97. The first-order chi connectivity index (χ1) is 12.5. The van der Waals surface area contributed by atoms with Gasteiger partial charge < -0.3 is 19.7 Å². The molecule has 0 spiro atoms. The summed E-state index contributed by atoms with van der Waals surface area (Å²) in [5.41, 5.74) is 1.27. The summed E-state index contributed by atoms with van der Waals surface area (Å²) in [5, 5.41) is 2.62. The third-order valence-electron chi connectivity index (χ3n) is 3.97. The number of carbonyl (C=O) groups excluding carboxylic acids is 2. The van der Waals surface area contributed by atoms with Crippen LogP contribution in [0.15, 0.2) is 42.5 Å². The van der Waals surface area contributed by atoms with Gasteiger partial charge in [0.1, 0.15) is 5.82 Å². The van der Waals surface area contributed by atoms with Gasteiger partial charge in [-0.3, -0.25) is 9.59 Å². The molecule has 0 saturated carbocycles. The van der Waals surface area contributed by atoms with E-state index in [0.717, 1.165) is 5.56 Å². The van der Waals surface area contributed by atoms with E-state index in [2.05, 4.69) is 5.32 Å². The fourth-order valence-electron chi connectivity index (χ4n) is 2.63. The lowest BCUT2D eigenvalue weighted by Gasteiger charge is -2.21. The second kappa shape index (κ2) is 7.86. The number of fused-ring (bicyclic) bond motifs is 1. The van der Waals surface area contributed by atoms with Gasteiger partial charge in [-0.15, -0.1) is 0 Å². The van der Waals surface area contributed by atoms with Gasteiger partial charge in [-0.25, -0.2) is 4.39 Å². The quantitative estimate of drug-likeness (QED) is 0.862. The molecule has 0 saturated heterocycles. The van der Waals surface area contributed by atoms with Crippen molar-refractivity contribution in [3.05, 3.63) is 53.8 Å². The number of hydrogen-bond acceptors (Lipinski definition) is 4. The fourth-order valence-corrected chi connectivity index (χ4v) is 2.63. The summed E-state index contributed by atoms with van der Waals surface area (Å²) in [4.78, 5) is 25.5. The first-order valence-corrected chi connectivity index (χ1v) is 8.21. The minimum atomic E-state index is -0.420. The molecule has 2 aromatic rings. The Labute approximate surface area is 150 Å². The van der Waals surface area contributed by atoms with E-state index in [1.54, 1.807) is 17.0 Å². The molecule has 2 amide bonds. The summed E-state index contributed by atoms with van der Waals surface area (Å²) in [5.74, 6) is 0.483. The maximum Gasteiger partial charge on any atom is 0.231 e. The normalized spacial score (nSPS) is 11.9. The van der Waals surface area contributed by atoms with Crippen molar-refractivity contribution in [2.45, 2.75) is 19.9 Å². The van der Waals surface area contributed by atoms with Gasteiger partial charge in [-0.1, -0.05) is 12.1 Å². The van der Waals surface area contributed by atoms with Gasteiger partial charge in [0.15, 0.2) is 11.5 Å². The van der Waals surface area contributed by atoms with Gasteiger partial charge in [-0.2, -0.15) is 0 Å². The van der Waals surface area contributed by atoms with Gasteiger partial charge >= 0.3 is 0 Å². The van der Waals surface area contributed by atoms with Crippen molar-refractivity contribution in [3.8, 4) is 11.5 Å². The Morgan fingerprint density at radius 3 is 2.73 bits per heavy atom. The van der Waals surface area contributed by atoms with Crippen LogP contribution in [-0.4, -0.2) is 30.1 Å². The van der Waals surface area contributed by atoms with Gasteiger partial charge in [0.05, 0.1) is 0 Å². The average molecular weight is 358 g/mol. The van der Waals surface area contributed by atoms with Gasteiger partial charge in [0.2, 0.25) is 18.6 Å². The van der Waals surface area contributed by atoms with Gasteiger partial charge in [0.25, 0.3) is 0 Å². The molecule has 0 fully saturated rings. The molecular formula is C19H19FN2O4. The Bertz CT molecular complexity index is 825. The number of benzene rings is 2. The molecule has 2 aromatic carbocycles. The molecule has 0 aliphatic carbocycles. The number of nitrogens with one attached hydrogen (secondary N) is 1. The lowest BCUT2D eigenvalue weighted by atomic mass is 10.2. The summed E-state index contributed by atoms with van der Waals surface area (Å²) in [7, 11) is 0. The number of halogens is 1. The largest absolute Gasteiger partial charge is 0.454 e. The first kappa shape index (κ1) is 17.7. The van der Waals surface area contributed by atoms with E-state index >= 15 is 0 Å². The molecule has 7 heteroatoms. The molecule has 1 aliphatic rings. The van der Waals surface area contributed by atoms with E-state index in [4.69, 9.17) is 9.47 Å². The zero-order valence-corrected chi connectivity index (χ0v) is 14.3. The molecule has 3 rings (SSSR count). The van der Waals surface area contributed by atoms with Crippen LogP contribution in [0.4, 0.5) is 10.1 Å². The SMILES string of the molecule is CC(=O)N(CCC(=O)Nc1cccc(F)c1)Cc1ccc2c(c1)OCO2. The zero-order chi connectivity index (χ0) is 18.5. The van der Waals surface area contributed by atoms with Crippen molar-refractivity contribution in [2.24, 2.45) is 0 Å². The van der Waals surface area contributed by atoms with Crippen molar-refractivity contribution in [1.82, 2.24) is 4.90 Å². The van der Waals surface area contributed by atoms with Crippen LogP contribution >= 0.6 is 0 Å². The Morgan fingerprint density at radius 1 is 1.15 bits per heavy atom. The smallest absolute Gasteiger partial charge is 0.231 e. The summed E-state index contributed by atoms with van der Waals surface area (Å²) < 4.78 is 23.8. The summed E-state index contributed by atoms with van der Waals surface area (Å²) in [6.45, 7) is 2.26. The molecule has 0 unspecified atom stereocenters. The van der Waals surface area contributed by atoms with Crippen molar-refractivity contribution in [2.75, 3.05) is 18.7 Å². The van der Waals surface area contributed by atoms with Crippen LogP contribution < -0.4 is 14.8 Å². The van der Waals surface area contributed by atoms with E-state index in [1.165, 1.54) is 25.1 Å². The molecule has 0 aromatic heterocycles. The minimum absolute atomic E-state index is 0.112. The van der Waals surface area contributed by atoms with Crippen molar-refractivity contribution in [3.63, 3.8) is 0 Å². The van der Waals surface area contributed by atoms with Crippen molar-refractivity contribution in [1.29, 1.82) is 0 Å². The molecular weight excluding hydrogens is 339 g/mol. The summed E-state index contributed by atoms with van der Waals surface area (Å²) in [6.07, 6.45) is 0.112. The molecule has 6 nitrogen and oxygen atoms in total. The highest BCUT2D eigenvalue weighted by Gasteiger charge is 2.16. The highest BCUT2D eigenvalue weighted by Crippen LogP contribution is 2.32. The maximum absolute atomic E-state index is 13.2. The highest BCUT2D eigenvalue weighted by molar-refractivity contribution is 5.91. The molecule has 136 valence electrons. The fraction of sp³-hybridized carbons (Fsp3) is 0.263. The Morgan fingerprint density at radius 2 is 1.96 bits per heavy atom. The predicted molar refractivity (Wildman–Crippen MR) is 93.3 cm³/mol. The first-order valence-electron chi connectivity index (χ1n) is 8.21. The van der Waals surface area contributed by atoms with Crippen molar-refractivity contribution < 1.29 is 23.5 Å². The Balaban J connectivity index is 1.56. The number of anilines is 1. The second-order valence-electron chi connectivity index (χ2n) is 5.94. The molecule has 1 aliphatic heterocycles. The monoisotopic (exact) mass is 358 g/mol. The third kappa shape index (κ3) is 4.50. The van der Waals surface area contributed by atoms with Crippen LogP contribution in [0.25, 0.3) is 0 Å². The van der Waals surface area contributed by atoms with Crippen LogP contribution in [0.3, 0.4) is 0 Å². The molecule has 0 bridgehead atoms. The standard InChI is InChI=1S/C19H19FN2O4/c1-13(23)22(11-14-5-6-17-18(9-14)26-12-25-17)8-7-19(24)21-16-4-2-3-15(20)10-16/h2-6,9-10H,7-8,11-12H2,1H3,(H,21,24). The molecule has 0 atom stereocenters. The molecule has 0 radical (unpaired) electrons. The lowest BCUT2D eigenvalue weighted by Crippen LogP contribution is -2.31. The number of nitrogens with zero attached hydrogens (tertiary/aromatic N) is 1. The molecule has 1 N–H and O–H groups in total. The molecule has 26 heavy (non-hydrogen) atoms. The van der Waals surface area contributed by atoms with E-state index in [0.29, 0.717) is 23.7 Å². The highest BCUT2D eigenvalue weighted by atomic mass is 19.1. The van der Waals surface area contributed by atoms with Crippen LogP contribution in [0.5, 0.6) is 11.5 Å². The topological polar surface area (TPSA) is 67.9 Å². The van der Waals surface area contributed by atoms with E-state index < -0.39 is 5.82 Å². The van der Waals surface area contributed by atoms with Crippen LogP contribution in [-0.2, 0) is 16.1 Å². The maximum atomic E-state index is 13.2. The Hall–Kier alpha value is -3.09. The number of hydrogen-bond donors (Lipinski definition) is 1. The zero-order valence-electron chi connectivity index (χ0n) is 14.3. The van der Waals surface area contributed by atoms with Gasteiger partial charge in [0, 0.05) is 32.1 Å². The minimum Gasteiger partial charge on any atom is -0.454 e. The summed E-state index contributed by atoms with van der Waals surface area (Å²) >= 11 is 0. The number of amides is 2. The van der Waals surface area contributed by atoms with Crippen LogP contribution in [0.1, 0.15) is 18.9 Å². The summed E-state index contributed by atoms with van der Waals surface area (Å²) in [6, 6.07) is 11.2. The average Bonchev–Trinajstić information content (AvgIpc) is 3.06. The second-order valence-corrected chi connectivity index (χ2v) is 5.94. The number of rotatable bonds is 6. The van der Waals surface area contributed by atoms with Crippen molar-refractivity contribution >= 4 is 17.5 Å². The van der Waals surface area contributed by atoms with E-state index in [9.17, 15) is 14.0 Å². The number of carbonyl (C=O) groups is 2. The van der Waals surface area contributed by atoms with Crippen LogP contribution in [0.2, 0.25) is 0 Å². The number of ether oxygens (including phenoxy) is 2. The van der Waals surface area contributed by atoms with Crippen LogP contribution in [0, 0.1) is 5.82 Å². The predicted octanol–water partition coefficient (Wildman–Crippen LogP) is 2.93. The van der Waals surface area contributed by atoms with E-state index in [-0.39, 0.29) is 31.6 Å². The van der Waals surface area contributed by atoms with Gasteiger partial charge in [-0.05, 0) is 35.9 Å².